The second-order valence-electron chi connectivity index (χ2n) is 32.7. The number of benzene rings is 6. The standard InChI is InChI=1S/C19H14N6O.C17H14ClN5O.C17H19N5O.C17H14N4O.C16H13N5O.C16H15N3O2/c1-21-19-4-5-25(24-19)14-6-13(9-22-10-14)12-2-3-15-16(7-12)17(8-20)23-11-18(15)26;1-9-17(23-16(21-9)5-4-15(18)22-23)10-2-3-11-12(6-10)13(7-19)20-8-14(11)24;1-21-4-5-22-16(10-21)14(8-20-22)11-2-3-12-13(6-11)15(7-18)19-9-17(12)23;18-7-15-13-6-11(3-4-12(13)17(22)9-20-15)14-8-19-10-21-5-1-2-16(14)21;17-6-13-12-5-10(1-2-11(12)15(22)8-20-13)14-7-18-9-16-19-3-4-21(14)16;1-21-12-4-11(7-18-8-12)10-2-3-13-14(5-10)15(6-17)19-9-16(13)20/h2-7,9-10H,8,11,20H2;2-6H,7-8,19H2,1H3;2-3,6,8H,4-5,7,9-10,18H2,1H3;1-6,8,10H,7,9,18H2;1-5,7,9H,6,8,17H2;2-5,7-8H,6,9,17H2,1H3. The predicted octanol–water partition coefficient (Wildman–Crippen LogP) is 10.7. The molecule has 0 saturated carbocycles. The third kappa shape index (κ3) is 18.6. The first-order valence-electron chi connectivity index (χ1n) is 44.0. The highest BCUT2D eigenvalue weighted by molar-refractivity contribution is 6.29. The summed E-state index contributed by atoms with van der Waals surface area (Å²) in [6.07, 6.45) is 23.1. The number of rotatable bonds is 14. The molecule has 16 aromatic rings. The minimum Gasteiger partial charge on any atom is -0.495 e. The summed E-state index contributed by atoms with van der Waals surface area (Å²) in [7, 11) is 3.72. The van der Waals surface area contributed by atoms with Crippen molar-refractivity contribution in [3.8, 4) is 78.5 Å². The van der Waals surface area contributed by atoms with E-state index < -0.39 is 0 Å². The molecule has 23 rings (SSSR count). The Hall–Kier alpha value is -16.7. The average Bonchev–Trinajstić information content (AvgIpc) is 1.54. The van der Waals surface area contributed by atoms with Crippen molar-refractivity contribution >= 4 is 103 Å². The molecule has 17 heterocycles. The number of hydrogen-bond donors (Lipinski definition) is 6. The van der Waals surface area contributed by atoms with E-state index in [0.717, 1.165) is 182 Å². The zero-order valence-electron chi connectivity index (χ0n) is 75.1. The van der Waals surface area contributed by atoms with Crippen LogP contribution in [0.15, 0.2) is 262 Å². The van der Waals surface area contributed by atoms with Crippen LogP contribution in [0.1, 0.15) is 107 Å². The molecule has 138 heavy (non-hydrogen) atoms. The molecule has 0 radical (unpaired) electrons. The van der Waals surface area contributed by atoms with Crippen LogP contribution in [0.25, 0.3) is 94.4 Å². The van der Waals surface area contributed by atoms with Crippen molar-refractivity contribution in [1.29, 1.82) is 0 Å². The summed E-state index contributed by atoms with van der Waals surface area (Å²) < 4.78 is 14.5. The van der Waals surface area contributed by atoms with Crippen molar-refractivity contribution in [3.05, 3.63) is 327 Å². The minimum absolute atomic E-state index is 0.00107. The summed E-state index contributed by atoms with van der Waals surface area (Å²) in [6.45, 7) is 14.7. The Morgan fingerprint density at radius 2 is 0.899 bits per heavy atom. The minimum atomic E-state index is -0.00107. The zero-order chi connectivity index (χ0) is 95.9. The average molecular weight is 1850 g/mol. The van der Waals surface area contributed by atoms with Crippen LogP contribution >= 0.6 is 11.6 Å². The van der Waals surface area contributed by atoms with E-state index in [2.05, 4.69) is 96.6 Å². The summed E-state index contributed by atoms with van der Waals surface area (Å²) in [5.41, 5.74) is 65.0. The molecule has 0 spiro atoms. The number of carbonyl (C=O) groups is 6. The summed E-state index contributed by atoms with van der Waals surface area (Å²) in [6, 6.07) is 47.4. The fourth-order valence-corrected chi connectivity index (χ4v) is 17.5. The van der Waals surface area contributed by atoms with E-state index >= 15 is 0 Å². The van der Waals surface area contributed by atoms with E-state index in [-0.39, 0.29) is 80.5 Å². The van der Waals surface area contributed by atoms with Crippen molar-refractivity contribution in [3.63, 3.8) is 0 Å². The summed E-state index contributed by atoms with van der Waals surface area (Å²) in [5, 5.41) is 13.4. The van der Waals surface area contributed by atoms with Crippen LogP contribution in [0, 0.1) is 13.5 Å². The van der Waals surface area contributed by atoms with E-state index in [0.29, 0.717) is 82.9 Å². The van der Waals surface area contributed by atoms with E-state index in [1.165, 1.54) is 5.69 Å². The molecular formula is C102H89ClN28O7. The number of likely N-dealkylation sites (N-methyl/N-ethyl adjacent to an activating group) is 1. The predicted molar refractivity (Wildman–Crippen MR) is 529 cm³/mol. The van der Waals surface area contributed by atoms with Gasteiger partial charge in [-0.3, -0.25) is 87.7 Å². The normalized spacial score (nSPS) is 14.4. The van der Waals surface area contributed by atoms with Gasteiger partial charge in [-0.25, -0.2) is 19.5 Å². The van der Waals surface area contributed by atoms with E-state index in [1.54, 1.807) is 84.3 Å². The molecule has 12 N–H and O–H groups in total. The molecule has 0 aliphatic carbocycles. The molecule has 35 nitrogen and oxygen atoms in total. The molecule has 0 saturated heterocycles. The number of nitrogens with zero attached hydrogens (tertiary/aromatic N) is 22. The molecule has 0 unspecified atom stereocenters. The summed E-state index contributed by atoms with van der Waals surface area (Å²) >= 11 is 6.03. The molecule has 0 amide bonds. The maximum absolute atomic E-state index is 12.1. The van der Waals surface area contributed by atoms with Crippen LogP contribution in [0.2, 0.25) is 5.15 Å². The van der Waals surface area contributed by atoms with Crippen LogP contribution in [-0.2, 0) is 13.1 Å². The van der Waals surface area contributed by atoms with Crippen molar-refractivity contribution in [2.24, 2.45) is 64.4 Å². The van der Waals surface area contributed by atoms with E-state index in [9.17, 15) is 28.8 Å². The van der Waals surface area contributed by atoms with Gasteiger partial charge in [0.05, 0.1) is 114 Å². The number of aryl methyl sites for hydroxylation is 1. The van der Waals surface area contributed by atoms with Gasteiger partial charge in [0.2, 0.25) is 0 Å². The first kappa shape index (κ1) is 91.8. The Bertz CT molecular complexity index is 7720. The second kappa shape index (κ2) is 40.2. The zero-order valence-corrected chi connectivity index (χ0v) is 75.8. The van der Waals surface area contributed by atoms with Crippen molar-refractivity contribution in [2.75, 3.05) is 99.2 Å². The Kier molecular flexibility index (Phi) is 26.8. The maximum atomic E-state index is 12.1. The van der Waals surface area contributed by atoms with Crippen LogP contribution in [0.3, 0.4) is 0 Å². The van der Waals surface area contributed by atoms with Gasteiger partial charge in [0.15, 0.2) is 46.0 Å². The topological polar surface area (TPSA) is 489 Å². The maximum Gasteiger partial charge on any atom is 0.295 e. The number of imidazole rings is 2. The summed E-state index contributed by atoms with van der Waals surface area (Å²) in [4.78, 5) is 129. The van der Waals surface area contributed by atoms with E-state index in [4.69, 9.17) is 57.3 Å². The number of nitrogens with two attached hydrogens (primary N) is 6. The number of methoxy groups -OCH3 is 1. The third-order valence-electron chi connectivity index (χ3n) is 24.4. The monoisotopic (exact) mass is 1850 g/mol. The molecule has 0 bridgehead atoms. The smallest absolute Gasteiger partial charge is 0.295 e. The fourth-order valence-electron chi connectivity index (χ4n) is 17.4. The number of Topliss-reactive ketones (excluding diaryl/α,β-unsaturated/α-hetero) is 6. The quantitative estimate of drug-likeness (QED) is 0.0551. The van der Waals surface area contributed by atoms with Crippen LogP contribution in [-0.4, -0.2) is 241 Å². The number of hydrogen-bond acceptors (Lipinski definition) is 29. The van der Waals surface area contributed by atoms with Crippen LogP contribution in [0.4, 0.5) is 5.82 Å². The number of ether oxygens (including phenoxy) is 1. The van der Waals surface area contributed by atoms with Gasteiger partial charge >= 0.3 is 0 Å². The van der Waals surface area contributed by atoms with Crippen LogP contribution in [0.5, 0.6) is 5.75 Å². The highest BCUT2D eigenvalue weighted by Crippen LogP contribution is 2.36. The number of aromatic nitrogens is 14. The molecule has 0 atom stereocenters. The van der Waals surface area contributed by atoms with Crippen molar-refractivity contribution in [2.45, 2.75) is 20.0 Å². The molecule has 6 aromatic carbocycles. The van der Waals surface area contributed by atoms with Gasteiger partial charge in [0.1, 0.15) is 55.9 Å². The number of ketones is 6. The van der Waals surface area contributed by atoms with Gasteiger partial charge in [-0.2, -0.15) is 14.9 Å². The first-order chi connectivity index (χ1) is 67.2. The molecule has 686 valence electrons. The third-order valence-corrected chi connectivity index (χ3v) is 24.6. The Morgan fingerprint density at radius 1 is 0.428 bits per heavy atom. The fraction of sp³-hybridized carbons (Fsp3) is 0.176. The number of fused-ring (bicyclic) bond motifs is 10. The number of halogens is 1. The highest BCUT2D eigenvalue weighted by atomic mass is 35.5. The number of carbonyl (C=O) groups excluding carboxylic acids is 6. The number of aliphatic imine (C=N–C) groups is 6. The van der Waals surface area contributed by atoms with Gasteiger partial charge in [0, 0.05) is 196 Å². The second-order valence-corrected chi connectivity index (χ2v) is 33.1. The Morgan fingerprint density at radius 3 is 1.41 bits per heavy atom. The lowest BCUT2D eigenvalue weighted by Gasteiger charge is -2.24. The molecule has 7 aliphatic heterocycles. The molecule has 0 fully saturated rings. The lowest BCUT2D eigenvalue weighted by atomic mass is 9.92. The lowest BCUT2D eigenvalue weighted by molar-refractivity contribution is 0.0992. The molecule has 10 aromatic heterocycles. The Labute approximate surface area is 794 Å². The van der Waals surface area contributed by atoms with Crippen molar-refractivity contribution < 1.29 is 33.5 Å². The largest absolute Gasteiger partial charge is 0.495 e. The SMILES string of the molecule is CN1CCn2ncc(-c3ccc4c(c3)C(CN)=NCC4=O)c2C1.COc1cncc(-c2ccc3c(c2)C(CN)=NCC3=O)c1.Cc1nc2ccc(Cl)nn2c1-c1ccc2c(c1)C(CN)=NCC2=O.NCC1=NCC(=O)c2ccc(-c3cncc4nccn34)cc21.NCC1=NCC(=O)c2ccc(-c3cncn4cccc34)cc21.[C-]#[N+]c1ccn(-c2cncc(-c3ccc4c(c3)C(CN)=NCC4=O)c2)n1. The van der Waals surface area contributed by atoms with Gasteiger partial charge in [0.25, 0.3) is 5.82 Å². The van der Waals surface area contributed by atoms with Crippen LogP contribution < -0.4 is 39.1 Å². The molecule has 7 aliphatic rings. The Balaban J connectivity index is 0.000000110. The highest BCUT2D eigenvalue weighted by Gasteiger charge is 2.30. The van der Waals surface area contributed by atoms with Gasteiger partial charge in [-0.15, -0.1) is 0 Å². The number of pyridine rings is 2. The van der Waals surface area contributed by atoms with Gasteiger partial charge in [-0.1, -0.05) is 78.8 Å². The molecular weight excluding hydrogens is 1760 g/mol. The van der Waals surface area contributed by atoms with Gasteiger partial charge < -0.3 is 48.4 Å². The summed E-state index contributed by atoms with van der Waals surface area (Å²) in [5.74, 6) is 1.16. The molecule has 36 heteroatoms. The first-order valence-corrected chi connectivity index (χ1v) is 44.4. The van der Waals surface area contributed by atoms with Crippen molar-refractivity contribution in [1.82, 2.24) is 72.8 Å². The van der Waals surface area contributed by atoms with E-state index in [1.807, 2.05) is 180 Å². The lowest BCUT2D eigenvalue weighted by Crippen LogP contribution is -2.30. The van der Waals surface area contributed by atoms with Gasteiger partial charge in [-0.05, 0) is 132 Å².